The minimum absolute atomic E-state index is 0.727. The van der Waals surface area contributed by atoms with Crippen molar-refractivity contribution in [2.75, 3.05) is 19.6 Å². The number of rotatable bonds is 5. The van der Waals surface area contributed by atoms with Gasteiger partial charge in [0.2, 0.25) is 0 Å². The molecule has 1 heterocycles. The standard InChI is InChI=1S/C10H20N2/c1-2-3-10(4-5-10)8-12-9-6-11-7-9/h9,11-12H,2-8H2,1H3. The highest BCUT2D eigenvalue weighted by atomic mass is 15.1. The Kier molecular flexibility index (Phi) is 2.37. The van der Waals surface area contributed by atoms with Crippen LogP contribution in [0, 0.1) is 5.41 Å². The van der Waals surface area contributed by atoms with Crippen LogP contribution in [-0.2, 0) is 0 Å². The first-order valence-corrected chi connectivity index (χ1v) is 5.29. The van der Waals surface area contributed by atoms with E-state index in [1.54, 1.807) is 0 Å². The highest BCUT2D eigenvalue weighted by molar-refractivity contribution is 4.96. The number of hydrogen-bond acceptors (Lipinski definition) is 2. The SMILES string of the molecule is CCCC1(CNC2CNC2)CC1. The maximum Gasteiger partial charge on any atom is 0.0317 e. The van der Waals surface area contributed by atoms with E-state index in [9.17, 15) is 0 Å². The van der Waals surface area contributed by atoms with Crippen molar-refractivity contribution in [3.8, 4) is 0 Å². The third-order valence-electron chi connectivity index (χ3n) is 3.28. The van der Waals surface area contributed by atoms with E-state index in [1.807, 2.05) is 0 Å². The summed E-state index contributed by atoms with van der Waals surface area (Å²) in [4.78, 5) is 0. The van der Waals surface area contributed by atoms with Crippen molar-refractivity contribution < 1.29 is 0 Å². The Morgan fingerprint density at radius 1 is 1.42 bits per heavy atom. The molecule has 0 amide bonds. The van der Waals surface area contributed by atoms with Crippen LogP contribution in [0.5, 0.6) is 0 Å². The van der Waals surface area contributed by atoms with Crippen LogP contribution in [0.4, 0.5) is 0 Å². The first-order chi connectivity index (χ1) is 5.85. The van der Waals surface area contributed by atoms with Gasteiger partial charge in [-0.15, -0.1) is 0 Å². The Labute approximate surface area is 75.1 Å². The van der Waals surface area contributed by atoms with Gasteiger partial charge in [-0.25, -0.2) is 0 Å². The second-order valence-electron chi connectivity index (χ2n) is 4.49. The predicted molar refractivity (Wildman–Crippen MR) is 51.2 cm³/mol. The Bertz CT molecular complexity index is 148. The second-order valence-corrected chi connectivity index (χ2v) is 4.49. The molecule has 2 heteroatoms. The molecule has 70 valence electrons. The molecule has 0 aromatic rings. The summed E-state index contributed by atoms with van der Waals surface area (Å²) in [5, 5.41) is 6.93. The van der Waals surface area contributed by atoms with Crippen molar-refractivity contribution in [2.45, 2.75) is 38.6 Å². The summed E-state index contributed by atoms with van der Waals surface area (Å²) in [7, 11) is 0. The molecule has 0 unspecified atom stereocenters. The quantitative estimate of drug-likeness (QED) is 0.643. The van der Waals surface area contributed by atoms with E-state index in [0.29, 0.717) is 0 Å². The fourth-order valence-electron chi connectivity index (χ4n) is 2.02. The molecule has 2 rings (SSSR count). The Hall–Kier alpha value is -0.0800. The number of hydrogen-bond donors (Lipinski definition) is 2. The maximum absolute atomic E-state index is 3.64. The molecule has 2 fully saturated rings. The number of nitrogens with one attached hydrogen (secondary N) is 2. The second kappa shape index (κ2) is 3.35. The molecule has 0 atom stereocenters. The van der Waals surface area contributed by atoms with Crippen LogP contribution in [0.1, 0.15) is 32.6 Å². The summed E-state index contributed by atoms with van der Waals surface area (Å²) < 4.78 is 0. The molecular weight excluding hydrogens is 148 g/mol. The van der Waals surface area contributed by atoms with Crippen LogP contribution in [0.2, 0.25) is 0 Å². The smallest absolute Gasteiger partial charge is 0.0317 e. The predicted octanol–water partition coefficient (Wildman–Crippen LogP) is 1.13. The third kappa shape index (κ3) is 1.80. The lowest BCUT2D eigenvalue weighted by Gasteiger charge is -2.30. The molecule has 2 N–H and O–H groups in total. The van der Waals surface area contributed by atoms with E-state index in [4.69, 9.17) is 0 Å². The summed E-state index contributed by atoms with van der Waals surface area (Å²) in [6, 6.07) is 0.777. The van der Waals surface area contributed by atoms with Crippen LogP contribution in [0.25, 0.3) is 0 Å². The lowest BCUT2D eigenvalue weighted by atomic mass is 10.00. The summed E-state index contributed by atoms with van der Waals surface area (Å²) in [5.41, 5.74) is 0.727. The van der Waals surface area contributed by atoms with Crippen LogP contribution >= 0.6 is 0 Å². The van der Waals surface area contributed by atoms with Crippen molar-refractivity contribution in [1.29, 1.82) is 0 Å². The summed E-state index contributed by atoms with van der Waals surface area (Å²) in [5.74, 6) is 0. The largest absolute Gasteiger partial charge is 0.314 e. The Morgan fingerprint density at radius 3 is 2.58 bits per heavy atom. The van der Waals surface area contributed by atoms with Crippen molar-refractivity contribution >= 4 is 0 Å². The minimum atomic E-state index is 0.727. The fraction of sp³-hybridized carbons (Fsp3) is 1.00. The average Bonchev–Trinajstić information content (AvgIpc) is 2.67. The molecule has 2 nitrogen and oxygen atoms in total. The van der Waals surface area contributed by atoms with E-state index in [0.717, 1.165) is 11.5 Å². The molecule has 0 aromatic carbocycles. The van der Waals surface area contributed by atoms with Gasteiger partial charge >= 0.3 is 0 Å². The van der Waals surface area contributed by atoms with Crippen LogP contribution in [0.15, 0.2) is 0 Å². The van der Waals surface area contributed by atoms with Crippen molar-refractivity contribution in [3.05, 3.63) is 0 Å². The zero-order valence-electron chi connectivity index (χ0n) is 8.03. The maximum atomic E-state index is 3.64. The fourth-order valence-corrected chi connectivity index (χ4v) is 2.02. The van der Waals surface area contributed by atoms with Gasteiger partial charge in [-0.3, -0.25) is 0 Å². The minimum Gasteiger partial charge on any atom is -0.314 e. The van der Waals surface area contributed by atoms with Crippen molar-refractivity contribution in [2.24, 2.45) is 5.41 Å². The zero-order valence-corrected chi connectivity index (χ0v) is 8.03. The topological polar surface area (TPSA) is 24.1 Å². The van der Waals surface area contributed by atoms with Gasteiger partial charge < -0.3 is 10.6 Å². The van der Waals surface area contributed by atoms with Gasteiger partial charge in [0.05, 0.1) is 0 Å². The Morgan fingerprint density at radius 2 is 2.17 bits per heavy atom. The molecule has 0 bridgehead atoms. The van der Waals surface area contributed by atoms with Gasteiger partial charge in [0.15, 0.2) is 0 Å². The third-order valence-corrected chi connectivity index (χ3v) is 3.28. The summed E-state index contributed by atoms with van der Waals surface area (Å²) in [6.45, 7) is 5.93. The lowest BCUT2D eigenvalue weighted by molar-refractivity contribution is 0.320. The molecule has 0 spiro atoms. The van der Waals surface area contributed by atoms with Crippen LogP contribution in [-0.4, -0.2) is 25.7 Å². The van der Waals surface area contributed by atoms with E-state index < -0.39 is 0 Å². The van der Waals surface area contributed by atoms with Gasteiger partial charge in [0.25, 0.3) is 0 Å². The van der Waals surface area contributed by atoms with Gasteiger partial charge in [-0.2, -0.15) is 0 Å². The van der Waals surface area contributed by atoms with Gasteiger partial charge in [0, 0.05) is 25.7 Å². The van der Waals surface area contributed by atoms with Crippen molar-refractivity contribution in [1.82, 2.24) is 10.6 Å². The van der Waals surface area contributed by atoms with E-state index in [2.05, 4.69) is 17.6 Å². The highest BCUT2D eigenvalue weighted by Crippen LogP contribution is 2.48. The summed E-state index contributed by atoms with van der Waals surface area (Å²) in [6.07, 6.45) is 5.72. The average molecular weight is 168 g/mol. The monoisotopic (exact) mass is 168 g/mol. The molecule has 1 aliphatic carbocycles. The first kappa shape index (κ1) is 8.52. The van der Waals surface area contributed by atoms with Gasteiger partial charge in [0.1, 0.15) is 0 Å². The van der Waals surface area contributed by atoms with E-state index in [-0.39, 0.29) is 0 Å². The molecule has 1 saturated carbocycles. The van der Waals surface area contributed by atoms with E-state index in [1.165, 1.54) is 45.3 Å². The molecule has 12 heavy (non-hydrogen) atoms. The zero-order chi connectivity index (χ0) is 8.44. The normalized spacial score (nSPS) is 26.8. The molecule has 2 aliphatic rings. The molecule has 1 saturated heterocycles. The molecular formula is C10H20N2. The molecule has 0 aromatic heterocycles. The first-order valence-electron chi connectivity index (χ1n) is 5.29. The van der Waals surface area contributed by atoms with Gasteiger partial charge in [-0.05, 0) is 24.7 Å². The Balaban J connectivity index is 1.64. The van der Waals surface area contributed by atoms with Crippen LogP contribution in [0.3, 0.4) is 0 Å². The lowest BCUT2D eigenvalue weighted by Crippen LogP contribution is -2.56. The molecule has 1 aliphatic heterocycles. The van der Waals surface area contributed by atoms with Crippen molar-refractivity contribution in [3.63, 3.8) is 0 Å². The van der Waals surface area contributed by atoms with Gasteiger partial charge in [-0.1, -0.05) is 13.3 Å². The molecule has 0 radical (unpaired) electrons. The van der Waals surface area contributed by atoms with Crippen LogP contribution < -0.4 is 10.6 Å². The highest BCUT2D eigenvalue weighted by Gasteiger charge is 2.41. The van der Waals surface area contributed by atoms with E-state index >= 15 is 0 Å². The summed E-state index contributed by atoms with van der Waals surface area (Å²) >= 11 is 0.